The molecule has 0 aromatic heterocycles. The van der Waals surface area contributed by atoms with E-state index in [2.05, 4.69) is 19.2 Å². The Morgan fingerprint density at radius 2 is 1.88 bits per heavy atom. The van der Waals surface area contributed by atoms with Crippen molar-refractivity contribution in [3.05, 3.63) is 24.3 Å². The summed E-state index contributed by atoms with van der Waals surface area (Å²) in [6.45, 7) is 8.49. The lowest BCUT2D eigenvalue weighted by atomic mass is 9.93. The van der Waals surface area contributed by atoms with Gasteiger partial charge >= 0.3 is 0 Å². The number of hydrogen-bond acceptors (Lipinski definition) is 3. The molecular weight excluding hydrogens is 302 g/mol. The molecule has 4 nitrogen and oxygen atoms in total. The Kier molecular flexibility index (Phi) is 6.67. The average Bonchev–Trinajstić information content (AvgIpc) is 3.01. The van der Waals surface area contributed by atoms with Crippen LogP contribution in [0.4, 0.5) is 5.69 Å². The number of hydrogen-bond donors (Lipinski definition) is 1. The zero-order valence-electron chi connectivity index (χ0n) is 15.4. The van der Waals surface area contributed by atoms with Gasteiger partial charge in [-0.1, -0.05) is 13.8 Å². The van der Waals surface area contributed by atoms with Gasteiger partial charge in [0.2, 0.25) is 0 Å². The van der Waals surface area contributed by atoms with Gasteiger partial charge in [0.15, 0.2) is 0 Å². The van der Waals surface area contributed by atoms with Gasteiger partial charge in [-0.3, -0.25) is 4.79 Å². The molecule has 24 heavy (non-hydrogen) atoms. The van der Waals surface area contributed by atoms with E-state index in [1.54, 1.807) is 0 Å². The third-order valence-electron chi connectivity index (χ3n) is 4.46. The topological polar surface area (TPSA) is 47.6 Å². The van der Waals surface area contributed by atoms with Crippen LogP contribution in [0.5, 0.6) is 5.75 Å². The van der Waals surface area contributed by atoms with Crippen molar-refractivity contribution in [2.75, 3.05) is 11.9 Å². The quantitative estimate of drug-likeness (QED) is 0.744. The number of anilines is 1. The molecule has 0 spiro atoms. The summed E-state index contributed by atoms with van der Waals surface area (Å²) in [5.41, 5.74) is -0.0319. The Balaban J connectivity index is 1.96. The molecule has 2 rings (SSSR count). The maximum absolute atomic E-state index is 12.7. The minimum atomic E-state index is -0.804. The van der Waals surface area contributed by atoms with Crippen LogP contribution in [-0.2, 0) is 9.53 Å². The van der Waals surface area contributed by atoms with Crippen molar-refractivity contribution < 1.29 is 14.3 Å². The van der Waals surface area contributed by atoms with E-state index < -0.39 is 5.60 Å². The number of rotatable bonds is 8. The average molecular weight is 333 g/mol. The predicted molar refractivity (Wildman–Crippen MR) is 97.4 cm³/mol. The smallest absolute Gasteiger partial charge is 0.256 e. The molecule has 1 aromatic carbocycles. The molecule has 1 amide bonds. The van der Waals surface area contributed by atoms with Gasteiger partial charge in [0.1, 0.15) is 11.4 Å². The molecule has 0 unspecified atom stereocenters. The van der Waals surface area contributed by atoms with Gasteiger partial charge in [-0.15, -0.1) is 0 Å². The molecule has 0 saturated heterocycles. The van der Waals surface area contributed by atoms with Crippen LogP contribution >= 0.6 is 0 Å². The number of carbonyl (C=O) groups is 1. The summed E-state index contributed by atoms with van der Waals surface area (Å²) in [6, 6.07) is 7.64. The fourth-order valence-electron chi connectivity index (χ4n) is 3.39. The van der Waals surface area contributed by atoms with Crippen LogP contribution in [0.3, 0.4) is 0 Å². The summed E-state index contributed by atoms with van der Waals surface area (Å²) in [4.78, 5) is 12.7. The molecule has 134 valence electrons. The number of amides is 1. The predicted octanol–water partition coefficient (Wildman–Crippen LogP) is 4.79. The standard InChI is InChI=1S/C20H31NO3/c1-5-23-20(4,14-15(2)3)19(22)21-16-10-12-18(13-11-16)24-17-8-6-7-9-17/h10-13,15,17H,5-9,14H2,1-4H3,(H,21,22)/t20-/m0/s1. The molecule has 0 aliphatic heterocycles. The molecule has 1 fully saturated rings. The fourth-order valence-corrected chi connectivity index (χ4v) is 3.39. The van der Waals surface area contributed by atoms with Gasteiger partial charge in [0.05, 0.1) is 6.10 Å². The molecule has 1 aliphatic rings. The lowest BCUT2D eigenvalue weighted by Gasteiger charge is -2.29. The Morgan fingerprint density at radius 1 is 1.25 bits per heavy atom. The van der Waals surface area contributed by atoms with Crippen molar-refractivity contribution in [1.29, 1.82) is 0 Å². The largest absolute Gasteiger partial charge is 0.490 e. The van der Waals surface area contributed by atoms with Crippen LogP contribution in [0, 0.1) is 5.92 Å². The summed E-state index contributed by atoms with van der Waals surface area (Å²) in [7, 11) is 0. The van der Waals surface area contributed by atoms with Crippen LogP contribution in [0.1, 0.15) is 59.8 Å². The van der Waals surface area contributed by atoms with E-state index in [1.807, 2.05) is 38.1 Å². The van der Waals surface area contributed by atoms with Crippen molar-refractivity contribution in [2.24, 2.45) is 5.92 Å². The molecule has 1 saturated carbocycles. The van der Waals surface area contributed by atoms with Crippen molar-refractivity contribution in [2.45, 2.75) is 71.5 Å². The van der Waals surface area contributed by atoms with Gasteiger partial charge in [-0.05, 0) is 76.1 Å². The maximum atomic E-state index is 12.7. The van der Waals surface area contributed by atoms with E-state index in [-0.39, 0.29) is 5.91 Å². The van der Waals surface area contributed by atoms with Crippen molar-refractivity contribution in [3.8, 4) is 5.75 Å². The third kappa shape index (κ3) is 5.23. The number of ether oxygens (including phenoxy) is 2. The van der Waals surface area contributed by atoms with E-state index >= 15 is 0 Å². The van der Waals surface area contributed by atoms with Gasteiger partial charge in [0, 0.05) is 12.3 Å². The summed E-state index contributed by atoms with van der Waals surface area (Å²) >= 11 is 0. The first-order chi connectivity index (χ1) is 11.4. The number of carbonyl (C=O) groups excluding carboxylic acids is 1. The molecular formula is C20H31NO3. The lowest BCUT2D eigenvalue weighted by Crippen LogP contribution is -2.43. The highest BCUT2D eigenvalue weighted by atomic mass is 16.5. The minimum absolute atomic E-state index is 0.0949. The van der Waals surface area contributed by atoms with Gasteiger partial charge in [0.25, 0.3) is 5.91 Å². The Labute approximate surface area is 145 Å². The molecule has 0 heterocycles. The van der Waals surface area contributed by atoms with Crippen LogP contribution in [0.2, 0.25) is 0 Å². The summed E-state index contributed by atoms with van der Waals surface area (Å²) in [6.07, 6.45) is 5.82. The summed E-state index contributed by atoms with van der Waals surface area (Å²) in [5, 5.41) is 2.97. The van der Waals surface area contributed by atoms with Crippen LogP contribution in [0.15, 0.2) is 24.3 Å². The van der Waals surface area contributed by atoms with Crippen LogP contribution in [-0.4, -0.2) is 24.2 Å². The monoisotopic (exact) mass is 333 g/mol. The van der Waals surface area contributed by atoms with E-state index in [1.165, 1.54) is 12.8 Å². The second-order valence-electron chi connectivity index (χ2n) is 7.26. The molecule has 0 bridgehead atoms. The first-order valence-corrected chi connectivity index (χ1v) is 9.15. The Bertz CT molecular complexity index is 520. The highest BCUT2D eigenvalue weighted by Crippen LogP contribution is 2.26. The Hall–Kier alpha value is -1.55. The van der Waals surface area contributed by atoms with E-state index in [9.17, 15) is 4.79 Å². The van der Waals surface area contributed by atoms with Crippen LogP contribution in [0.25, 0.3) is 0 Å². The van der Waals surface area contributed by atoms with Crippen molar-refractivity contribution >= 4 is 11.6 Å². The van der Waals surface area contributed by atoms with Gasteiger partial charge in [-0.25, -0.2) is 0 Å². The third-order valence-corrected chi connectivity index (χ3v) is 4.46. The molecule has 1 N–H and O–H groups in total. The molecule has 1 aromatic rings. The second kappa shape index (κ2) is 8.52. The molecule has 0 radical (unpaired) electrons. The SMILES string of the molecule is CCO[C@@](C)(CC(C)C)C(=O)Nc1ccc(OC2CCCC2)cc1. The number of nitrogens with one attached hydrogen (secondary N) is 1. The molecule has 1 aliphatic carbocycles. The zero-order valence-corrected chi connectivity index (χ0v) is 15.4. The molecule has 1 atom stereocenters. The summed E-state index contributed by atoms with van der Waals surface area (Å²) in [5.74, 6) is 1.16. The highest BCUT2D eigenvalue weighted by Gasteiger charge is 2.34. The first-order valence-electron chi connectivity index (χ1n) is 9.15. The molecule has 4 heteroatoms. The van der Waals surface area contributed by atoms with Crippen molar-refractivity contribution in [3.63, 3.8) is 0 Å². The van der Waals surface area contributed by atoms with Crippen molar-refractivity contribution in [1.82, 2.24) is 0 Å². The highest BCUT2D eigenvalue weighted by molar-refractivity contribution is 5.97. The first kappa shape index (κ1) is 18.8. The second-order valence-corrected chi connectivity index (χ2v) is 7.26. The van der Waals surface area contributed by atoms with E-state index in [0.29, 0.717) is 25.0 Å². The van der Waals surface area contributed by atoms with E-state index in [0.717, 1.165) is 24.3 Å². The number of benzene rings is 1. The fraction of sp³-hybridized carbons (Fsp3) is 0.650. The van der Waals surface area contributed by atoms with Gasteiger partial charge < -0.3 is 14.8 Å². The Morgan fingerprint density at radius 3 is 2.42 bits per heavy atom. The normalized spacial score (nSPS) is 17.7. The lowest BCUT2D eigenvalue weighted by molar-refractivity contribution is -0.140. The minimum Gasteiger partial charge on any atom is -0.490 e. The van der Waals surface area contributed by atoms with Gasteiger partial charge in [-0.2, -0.15) is 0 Å². The zero-order chi connectivity index (χ0) is 17.6. The maximum Gasteiger partial charge on any atom is 0.256 e. The van der Waals surface area contributed by atoms with E-state index in [4.69, 9.17) is 9.47 Å². The summed E-state index contributed by atoms with van der Waals surface area (Å²) < 4.78 is 11.7. The van der Waals surface area contributed by atoms with Crippen LogP contribution < -0.4 is 10.1 Å².